The average Bonchev–Trinajstić information content (AvgIpc) is 3.01. The summed E-state index contributed by atoms with van der Waals surface area (Å²) in [5.74, 6) is 0.307. The summed E-state index contributed by atoms with van der Waals surface area (Å²) >= 11 is 0. The number of benzene rings is 3. The van der Waals surface area contributed by atoms with Crippen LogP contribution < -0.4 is 9.47 Å². The predicted octanol–water partition coefficient (Wildman–Crippen LogP) is 9.06. The Labute approximate surface area is 251 Å². The molecular formula is C36H46O6. The molecule has 0 heterocycles. The van der Waals surface area contributed by atoms with Gasteiger partial charge in [0.2, 0.25) is 0 Å². The van der Waals surface area contributed by atoms with Gasteiger partial charge in [0.1, 0.15) is 17.6 Å². The Bertz CT molecular complexity index is 1190. The summed E-state index contributed by atoms with van der Waals surface area (Å²) in [4.78, 5) is 25.0. The zero-order valence-corrected chi connectivity index (χ0v) is 25.4. The molecule has 6 heteroatoms. The number of hydrogen-bond donors (Lipinski definition) is 0. The third kappa shape index (κ3) is 11.7. The molecule has 3 aromatic rings. The van der Waals surface area contributed by atoms with Crippen molar-refractivity contribution in [3.8, 4) is 22.6 Å². The second-order valence-electron chi connectivity index (χ2n) is 10.6. The Morgan fingerprint density at radius 1 is 0.595 bits per heavy atom. The van der Waals surface area contributed by atoms with Crippen LogP contribution >= 0.6 is 0 Å². The number of carbonyl (C=O) groups excluding carboxylic acids is 2. The number of esters is 2. The Kier molecular flexibility index (Phi) is 14.7. The summed E-state index contributed by atoms with van der Waals surface area (Å²) in [6, 6.07) is 21.7. The highest BCUT2D eigenvalue weighted by molar-refractivity contribution is 5.92. The van der Waals surface area contributed by atoms with Crippen molar-refractivity contribution >= 4 is 11.9 Å². The smallest absolute Gasteiger partial charge is 0.343 e. The molecule has 0 saturated carbocycles. The maximum absolute atomic E-state index is 12.7. The van der Waals surface area contributed by atoms with Crippen LogP contribution in [0.15, 0.2) is 72.8 Å². The van der Waals surface area contributed by atoms with E-state index in [0.29, 0.717) is 30.1 Å². The van der Waals surface area contributed by atoms with Gasteiger partial charge in [0.25, 0.3) is 0 Å². The summed E-state index contributed by atoms with van der Waals surface area (Å²) in [6.07, 6.45) is 10.8. The quantitative estimate of drug-likeness (QED) is 0.0808. The maximum Gasteiger partial charge on any atom is 0.343 e. The molecule has 0 N–H and O–H groups in total. The molecule has 226 valence electrons. The zero-order valence-electron chi connectivity index (χ0n) is 25.4. The lowest BCUT2D eigenvalue weighted by atomic mass is 10.0. The highest BCUT2D eigenvalue weighted by atomic mass is 16.6. The number of ether oxygens (including phenoxy) is 4. The van der Waals surface area contributed by atoms with Gasteiger partial charge in [-0.15, -0.1) is 0 Å². The van der Waals surface area contributed by atoms with Crippen molar-refractivity contribution in [1.29, 1.82) is 0 Å². The molecule has 6 nitrogen and oxygen atoms in total. The van der Waals surface area contributed by atoms with Gasteiger partial charge < -0.3 is 18.9 Å². The van der Waals surface area contributed by atoms with Crippen LogP contribution in [0.2, 0.25) is 0 Å². The monoisotopic (exact) mass is 574 g/mol. The van der Waals surface area contributed by atoms with Crippen molar-refractivity contribution in [2.24, 2.45) is 0 Å². The van der Waals surface area contributed by atoms with E-state index in [1.54, 1.807) is 43.3 Å². The molecule has 0 saturated heterocycles. The van der Waals surface area contributed by atoms with E-state index >= 15 is 0 Å². The normalized spacial score (nSPS) is 11.6. The molecule has 0 aliphatic carbocycles. The summed E-state index contributed by atoms with van der Waals surface area (Å²) in [6.45, 7) is 7.79. The summed E-state index contributed by atoms with van der Waals surface area (Å²) in [5, 5.41) is 0. The molecule has 0 unspecified atom stereocenters. The Morgan fingerprint density at radius 2 is 1.12 bits per heavy atom. The second-order valence-corrected chi connectivity index (χ2v) is 10.6. The molecule has 3 rings (SSSR count). The van der Waals surface area contributed by atoms with Crippen LogP contribution in [0.25, 0.3) is 11.1 Å². The number of carbonyl (C=O) groups is 2. The Balaban J connectivity index is 1.41. The first kappa shape index (κ1) is 32.9. The first-order chi connectivity index (χ1) is 20.5. The molecule has 42 heavy (non-hydrogen) atoms. The zero-order chi connectivity index (χ0) is 30.0. The van der Waals surface area contributed by atoms with Crippen molar-refractivity contribution < 1.29 is 28.5 Å². The molecule has 0 radical (unpaired) electrons. The molecule has 0 amide bonds. The Hall–Kier alpha value is -3.64. The first-order valence-corrected chi connectivity index (χ1v) is 15.4. The largest absolute Gasteiger partial charge is 0.494 e. The maximum atomic E-state index is 12.7. The van der Waals surface area contributed by atoms with Gasteiger partial charge in [0.15, 0.2) is 0 Å². The second kappa shape index (κ2) is 18.7. The fourth-order valence-electron chi connectivity index (χ4n) is 4.47. The van der Waals surface area contributed by atoms with Gasteiger partial charge in [0.05, 0.1) is 24.3 Å². The molecule has 0 spiro atoms. The number of hydrogen-bond acceptors (Lipinski definition) is 6. The minimum absolute atomic E-state index is 0.347. The van der Waals surface area contributed by atoms with Crippen LogP contribution in [-0.2, 0) is 9.47 Å². The summed E-state index contributed by atoms with van der Waals surface area (Å²) in [7, 11) is 0. The lowest BCUT2D eigenvalue weighted by Gasteiger charge is -2.13. The van der Waals surface area contributed by atoms with Crippen molar-refractivity contribution in [3.63, 3.8) is 0 Å². The first-order valence-electron chi connectivity index (χ1n) is 15.4. The standard InChI is InChI=1S/C36H46O6/c1-4-6-7-8-9-10-11-12-26-40-33-21-17-30(18-22-33)29-13-15-31(16-14-29)36(38)42-34-23-19-32(20-24-34)35(37)41-28(3)27-39-25-5-2/h13-24,28H,4-12,25-27H2,1-3H3/t28-/m1/s1. The minimum Gasteiger partial charge on any atom is -0.494 e. The molecule has 0 fully saturated rings. The molecule has 0 aromatic heterocycles. The van der Waals surface area contributed by atoms with Crippen LogP contribution in [0.5, 0.6) is 11.5 Å². The van der Waals surface area contributed by atoms with Crippen molar-refractivity contribution in [2.45, 2.75) is 84.7 Å². The van der Waals surface area contributed by atoms with Gasteiger partial charge in [-0.1, -0.05) is 83.1 Å². The third-order valence-electron chi connectivity index (χ3n) is 6.88. The lowest BCUT2D eigenvalue weighted by molar-refractivity contribution is 0.00226. The van der Waals surface area contributed by atoms with E-state index in [2.05, 4.69) is 6.92 Å². The molecule has 0 aliphatic heterocycles. The van der Waals surface area contributed by atoms with Gasteiger partial charge in [-0.05, 0) is 79.4 Å². The summed E-state index contributed by atoms with van der Waals surface area (Å²) in [5.41, 5.74) is 2.86. The fourth-order valence-corrected chi connectivity index (χ4v) is 4.47. The average molecular weight is 575 g/mol. The van der Waals surface area contributed by atoms with Gasteiger partial charge in [-0.2, -0.15) is 0 Å². The van der Waals surface area contributed by atoms with E-state index in [0.717, 1.165) is 36.3 Å². The molecule has 0 aliphatic rings. The van der Waals surface area contributed by atoms with Gasteiger partial charge in [0, 0.05) is 6.61 Å². The van der Waals surface area contributed by atoms with E-state index in [1.165, 1.54) is 44.9 Å². The highest BCUT2D eigenvalue weighted by Crippen LogP contribution is 2.24. The van der Waals surface area contributed by atoms with E-state index in [9.17, 15) is 9.59 Å². The molecular weight excluding hydrogens is 528 g/mol. The summed E-state index contributed by atoms with van der Waals surface area (Å²) < 4.78 is 22.2. The third-order valence-corrected chi connectivity index (χ3v) is 6.88. The van der Waals surface area contributed by atoms with Crippen molar-refractivity contribution in [2.75, 3.05) is 19.8 Å². The van der Waals surface area contributed by atoms with Crippen LogP contribution in [-0.4, -0.2) is 37.9 Å². The van der Waals surface area contributed by atoms with Gasteiger partial charge in [-0.25, -0.2) is 9.59 Å². The lowest BCUT2D eigenvalue weighted by Crippen LogP contribution is -2.20. The van der Waals surface area contributed by atoms with E-state index in [1.807, 2.05) is 43.3 Å². The SMILES string of the molecule is CCCCCCCCCCOc1ccc(-c2ccc(C(=O)Oc3ccc(C(=O)O[C@H](C)COCCC)cc3)cc2)cc1. The number of rotatable bonds is 19. The topological polar surface area (TPSA) is 71.1 Å². The molecule has 3 aromatic carbocycles. The van der Waals surface area contributed by atoms with E-state index < -0.39 is 11.9 Å². The van der Waals surface area contributed by atoms with E-state index in [4.69, 9.17) is 18.9 Å². The van der Waals surface area contributed by atoms with Crippen molar-refractivity contribution in [1.82, 2.24) is 0 Å². The van der Waals surface area contributed by atoms with Gasteiger partial charge >= 0.3 is 11.9 Å². The molecule has 0 bridgehead atoms. The van der Waals surface area contributed by atoms with Crippen LogP contribution in [0.4, 0.5) is 0 Å². The highest BCUT2D eigenvalue weighted by Gasteiger charge is 2.14. The van der Waals surface area contributed by atoms with Crippen LogP contribution in [0.3, 0.4) is 0 Å². The van der Waals surface area contributed by atoms with Crippen LogP contribution in [0, 0.1) is 0 Å². The predicted molar refractivity (Wildman–Crippen MR) is 167 cm³/mol. The fraction of sp³-hybridized carbons (Fsp3) is 0.444. The molecule has 1 atom stereocenters. The minimum atomic E-state index is -0.469. The Morgan fingerprint density at radius 3 is 1.74 bits per heavy atom. The number of unbranched alkanes of at least 4 members (excludes halogenated alkanes) is 7. The van der Waals surface area contributed by atoms with Crippen molar-refractivity contribution in [3.05, 3.63) is 83.9 Å². The van der Waals surface area contributed by atoms with Gasteiger partial charge in [-0.3, -0.25) is 0 Å². The van der Waals surface area contributed by atoms with E-state index in [-0.39, 0.29) is 6.10 Å². The van der Waals surface area contributed by atoms with Crippen LogP contribution in [0.1, 0.15) is 99.3 Å².